The van der Waals surface area contributed by atoms with Crippen molar-refractivity contribution in [2.24, 2.45) is 34.6 Å². The molecule has 1 aromatic heterocycles. The van der Waals surface area contributed by atoms with E-state index in [1.807, 2.05) is 0 Å². The van der Waals surface area contributed by atoms with Gasteiger partial charge >= 0.3 is 0 Å². The van der Waals surface area contributed by atoms with E-state index in [2.05, 4.69) is 95.0 Å². The van der Waals surface area contributed by atoms with Crippen LogP contribution in [0.3, 0.4) is 0 Å². The molecule has 48 heteroatoms. The maximum atomic E-state index is 15.2. The standard InChI is InChI=1S/C76H119N27O17S4/c1-5-41(2)60-72(119)99-54(37-104)68(115)101-56(70(117)97-52(32-43-19-21-45(105)22-20-43)66(113)93-47(61(78)108)15-9-25-86-74(79)80)39-124-123-38-55(100-62(109)46(77)23-29-121-3)69(116)98-53(33-44-34-85-40-91-44)67(114)96-51(31-42-13-7-6-8-14-42)63(110)90-35-58(106)89-36-59(107)92-48(16-10-26-87-75(81)82)64(111)95-50(24-30-122-4)73(120)103-28-12-18-57(103)71(118)94-49(65(112)102-60)17-11-27-88-76(83)84/h6-8,13-14,19-22,34,40-41,46-57,60,104-105H,5,9-12,15-18,23-33,35-39,77H2,1-4H3,(H2,78,108)(H,85,91)(H,89,106)(H,90,110)(H,92,107)(H,93,113)(H,94,118)(H,95,111)(H,96,114)(H,97,117)(H,98,116)(H,99,119)(H,100,109)(H,101,115)(H,102,112)(H4,79,80,86)(H4,81,82,87)(H4,83,84,88)/t41-,46-,47-,48-,49+,50+,51+,52-,53-,54+,55-,56+,57-,60-/m0/s1. The van der Waals surface area contributed by atoms with E-state index in [-0.39, 0.29) is 134 Å². The zero-order chi connectivity index (χ0) is 91.4. The van der Waals surface area contributed by atoms with Crippen molar-refractivity contribution < 1.29 is 82.1 Å². The average Bonchev–Trinajstić information content (AvgIpc) is 1.67. The normalized spacial score (nSPS) is 22.2. The third-order valence-electron chi connectivity index (χ3n) is 19.8. The fourth-order valence-electron chi connectivity index (χ4n) is 12.7. The summed E-state index contributed by atoms with van der Waals surface area (Å²) in [4.78, 5) is 225. The second-order valence-corrected chi connectivity index (χ2v) is 33.9. The molecule has 2 saturated heterocycles. The van der Waals surface area contributed by atoms with Gasteiger partial charge in [-0.2, -0.15) is 23.5 Å². The van der Waals surface area contributed by atoms with E-state index in [0.717, 1.165) is 21.6 Å². The Hall–Kier alpha value is -11.4. The van der Waals surface area contributed by atoms with Crippen molar-refractivity contribution in [3.8, 4) is 5.75 Å². The van der Waals surface area contributed by atoms with Gasteiger partial charge in [0.2, 0.25) is 88.6 Å². The smallest absolute Gasteiger partial charge is 0.245 e. The first-order valence-electron chi connectivity index (χ1n) is 40.2. The third-order valence-corrected chi connectivity index (χ3v) is 23.5. The molecule has 15 amide bonds. The number of aromatic hydroxyl groups is 1. The van der Waals surface area contributed by atoms with Crippen LogP contribution in [0.4, 0.5) is 0 Å². The minimum Gasteiger partial charge on any atom is -0.508 e. The Balaban J connectivity index is 1.65. The molecule has 5 rings (SSSR count). The number of aliphatic hydroxyl groups excluding tert-OH is 1. The molecule has 32 N–H and O–H groups in total. The first-order chi connectivity index (χ1) is 59.1. The fraction of sp³-hybridized carbons (Fsp3) is 0.566. The summed E-state index contributed by atoms with van der Waals surface area (Å²) in [5.41, 5.74) is 29.8. The molecule has 684 valence electrons. The van der Waals surface area contributed by atoms with Crippen molar-refractivity contribution in [3.63, 3.8) is 0 Å². The van der Waals surface area contributed by atoms with Gasteiger partial charge in [0.25, 0.3) is 0 Å². The van der Waals surface area contributed by atoms with Crippen LogP contribution in [-0.2, 0) is 91.2 Å². The quantitative estimate of drug-likeness (QED) is 0.0114. The highest BCUT2D eigenvalue weighted by molar-refractivity contribution is 8.76. The topological polar surface area (TPSA) is 723 Å². The van der Waals surface area contributed by atoms with Gasteiger partial charge in [0.1, 0.15) is 78.3 Å². The van der Waals surface area contributed by atoms with Gasteiger partial charge in [0, 0.05) is 68.8 Å². The first kappa shape index (κ1) is 103. The molecule has 14 atom stereocenters. The van der Waals surface area contributed by atoms with E-state index in [4.69, 9.17) is 44.9 Å². The number of nitrogens with one attached hydrogen (secondary N) is 20. The highest BCUT2D eigenvalue weighted by Gasteiger charge is 2.42. The lowest BCUT2D eigenvalue weighted by Crippen LogP contribution is -2.62. The number of hydrogen-bond acceptors (Lipinski definition) is 26. The Bertz CT molecular complexity index is 4090. The number of thioether (sulfide) groups is 2. The zero-order valence-electron chi connectivity index (χ0n) is 69.5. The van der Waals surface area contributed by atoms with E-state index < -0.39 is 210 Å². The van der Waals surface area contributed by atoms with Gasteiger partial charge in [0.05, 0.1) is 32.1 Å². The number of nitrogens with zero attached hydrogens (tertiary/aromatic N) is 2. The van der Waals surface area contributed by atoms with Gasteiger partial charge in [-0.25, -0.2) is 4.98 Å². The summed E-state index contributed by atoms with van der Waals surface area (Å²) in [6, 6.07) is -5.78. The lowest BCUT2D eigenvalue weighted by atomic mass is 9.97. The molecule has 2 aliphatic heterocycles. The number of primary amides is 1. The van der Waals surface area contributed by atoms with Crippen molar-refractivity contribution in [3.05, 3.63) is 83.9 Å². The maximum absolute atomic E-state index is 15.2. The molecule has 0 unspecified atom stereocenters. The predicted octanol–water partition coefficient (Wildman–Crippen LogP) is -6.76. The van der Waals surface area contributed by atoms with E-state index in [9.17, 15) is 72.5 Å². The summed E-state index contributed by atoms with van der Waals surface area (Å²) in [7, 11) is 1.65. The number of fused-ring (bicyclic) bond motifs is 1. The highest BCUT2D eigenvalue weighted by Crippen LogP contribution is 2.25. The van der Waals surface area contributed by atoms with Crippen LogP contribution < -0.4 is 114 Å². The zero-order valence-corrected chi connectivity index (χ0v) is 72.8. The summed E-state index contributed by atoms with van der Waals surface area (Å²) in [5, 5.41) is 85.8. The number of carbonyl (C=O) groups excluding carboxylic acids is 15. The lowest BCUT2D eigenvalue weighted by Gasteiger charge is -2.31. The number of phenols is 1. The van der Waals surface area contributed by atoms with Gasteiger partial charge < -0.3 is 134 Å². The van der Waals surface area contributed by atoms with Crippen LogP contribution in [0.2, 0.25) is 0 Å². The fourth-order valence-corrected chi connectivity index (χ4v) is 16.0. The van der Waals surface area contributed by atoms with Crippen molar-refractivity contribution in [1.29, 1.82) is 16.2 Å². The summed E-state index contributed by atoms with van der Waals surface area (Å²) in [5.74, 6) is -16.5. The van der Waals surface area contributed by atoms with Gasteiger partial charge in [-0.1, -0.05) is 84.3 Å². The van der Waals surface area contributed by atoms with E-state index >= 15 is 9.59 Å². The number of amides is 15. The van der Waals surface area contributed by atoms with Crippen molar-refractivity contribution in [2.75, 3.05) is 81.4 Å². The molecule has 44 nitrogen and oxygen atoms in total. The minimum absolute atomic E-state index is 0.00453. The number of phenolic OH excluding ortho intramolecular Hbond substituents is 1. The molecule has 2 fully saturated rings. The SMILES string of the molecule is CC[C@H](C)[C@@H]1NC(=O)[C@@H](CCCNC(=N)N)NC(=O)[C@@H]2CCCN2C(=O)[C@@H](CCSC)NC(=O)[C@H](CCCNC(=N)N)NC(=O)CNC(=O)CNC(=O)[C@@H](Cc2ccccc2)NC(=O)[C@H](Cc2cnc[nH]2)NC(=O)[C@@H](NC(=O)[C@@H](N)CCSC)CSSC[C@H](C(=O)N[C@@H](Cc2ccc(O)cc2)C(=O)N[C@@H](CCCNC(=N)N)C(N)=O)NC(=O)[C@@H](CO)NC1=O. The van der Waals surface area contributed by atoms with E-state index in [1.54, 1.807) is 56.7 Å². The molecule has 124 heavy (non-hydrogen) atoms. The number of benzene rings is 2. The molecule has 0 saturated carbocycles. The molecule has 0 radical (unpaired) electrons. The first-order valence-corrected chi connectivity index (χ1v) is 45.5. The Morgan fingerprint density at radius 2 is 1.17 bits per heavy atom. The van der Waals surface area contributed by atoms with Crippen molar-refractivity contribution in [2.45, 2.75) is 182 Å². The molecule has 2 aromatic carbocycles. The van der Waals surface area contributed by atoms with Crippen LogP contribution >= 0.6 is 45.1 Å². The largest absolute Gasteiger partial charge is 0.508 e. The summed E-state index contributed by atoms with van der Waals surface area (Å²) in [6.07, 6.45) is 6.00. The molecule has 0 bridgehead atoms. The molecule has 3 aromatic rings. The number of guanidine groups is 3. The number of H-pyrrole nitrogens is 1. The molecule has 0 aliphatic carbocycles. The number of rotatable bonds is 34. The number of hydrogen-bond donors (Lipinski definition) is 27. The number of imidazole rings is 1. The Labute approximate surface area is 733 Å². The Kier molecular flexibility index (Phi) is 45.8. The maximum Gasteiger partial charge on any atom is 0.245 e. The molecule has 2 aliphatic rings. The van der Waals surface area contributed by atoms with Crippen LogP contribution in [0.1, 0.15) is 101 Å². The Morgan fingerprint density at radius 3 is 1.78 bits per heavy atom. The molecule has 3 heterocycles. The summed E-state index contributed by atoms with van der Waals surface area (Å²) < 4.78 is 0. The predicted molar refractivity (Wildman–Crippen MR) is 468 cm³/mol. The van der Waals surface area contributed by atoms with Gasteiger partial charge in [-0.05, 0) is 117 Å². The number of aliphatic hydroxyl groups is 1. The third kappa shape index (κ3) is 37.0. The van der Waals surface area contributed by atoms with Crippen LogP contribution in [0.5, 0.6) is 5.75 Å². The molecule has 0 spiro atoms. The van der Waals surface area contributed by atoms with Crippen molar-refractivity contribution in [1.82, 2.24) is 99.9 Å². The van der Waals surface area contributed by atoms with Crippen molar-refractivity contribution >= 4 is 152 Å². The van der Waals surface area contributed by atoms with Crippen LogP contribution in [0.25, 0.3) is 0 Å². The van der Waals surface area contributed by atoms with E-state index in [0.29, 0.717) is 28.3 Å². The van der Waals surface area contributed by atoms with Gasteiger partial charge in [-0.3, -0.25) is 88.1 Å². The van der Waals surface area contributed by atoms with E-state index in [1.165, 1.54) is 65.2 Å². The van der Waals surface area contributed by atoms with Crippen LogP contribution in [-0.4, -0.2) is 292 Å². The monoisotopic (exact) mass is 1810 g/mol. The summed E-state index contributed by atoms with van der Waals surface area (Å²) in [6.45, 7) is 0.724. The number of carbonyl (C=O) groups is 15. The molecular weight excluding hydrogens is 1690 g/mol. The highest BCUT2D eigenvalue weighted by atomic mass is 33.1. The van der Waals surface area contributed by atoms with Crippen LogP contribution in [0.15, 0.2) is 67.1 Å². The number of aromatic nitrogens is 2. The summed E-state index contributed by atoms with van der Waals surface area (Å²) >= 11 is 2.72. The van der Waals surface area contributed by atoms with Crippen LogP contribution in [0, 0.1) is 22.1 Å². The second-order valence-electron chi connectivity index (χ2n) is 29.3. The number of nitrogens with two attached hydrogens (primary N) is 5. The Morgan fingerprint density at radius 1 is 0.597 bits per heavy atom. The number of aromatic amines is 1. The minimum atomic E-state index is -1.95. The lowest BCUT2D eigenvalue weighted by molar-refractivity contribution is -0.142. The average molecular weight is 1810 g/mol. The second kappa shape index (κ2) is 55.0. The van der Waals surface area contributed by atoms with Gasteiger partial charge in [-0.15, -0.1) is 0 Å². The molecular formula is C76H119N27O17S4. The van der Waals surface area contributed by atoms with Gasteiger partial charge in [0.15, 0.2) is 17.9 Å².